The Morgan fingerprint density at radius 1 is 0.656 bits per heavy atom. The number of benzene rings is 3. The maximum Gasteiger partial charge on any atom is 0.266 e. The molecule has 0 saturated carbocycles. The highest BCUT2D eigenvalue weighted by molar-refractivity contribution is 9.09. The zero-order valence-corrected chi connectivity index (χ0v) is 19.0. The Bertz CT molecular complexity index is 1600. The van der Waals surface area contributed by atoms with Gasteiger partial charge in [-0.15, -0.1) is 0 Å². The molecule has 0 aliphatic carbocycles. The molecule has 2 heterocycles. The summed E-state index contributed by atoms with van der Waals surface area (Å²) in [5, 5.41) is 0.488. The van der Waals surface area contributed by atoms with E-state index in [4.69, 9.17) is 0 Å². The molecular formula is C23H14N2O4S3. The zero-order valence-electron chi connectivity index (χ0n) is 16.6. The van der Waals surface area contributed by atoms with Crippen molar-refractivity contribution in [3.63, 3.8) is 0 Å². The lowest BCUT2D eigenvalue weighted by molar-refractivity contribution is 0.988. The molecule has 5 rings (SSSR count). The second-order valence-corrected chi connectivity index (χ2v) is 11.3. The monoisotopic (exact) mass is 478 g/mol. The SMILES string of the molecule is Cc1ccc(SSSc2ccc(-n3c(=O)c4cc5c(=O)[nH]c(=O)c5cc4c3=O)cc2)cc1. The molecule has 0 aliphatic rings. The summed E-state index contributed by atoms with van der Waals surface area (Å²) in [4.78, 5) is 53.9. The fourth-order valence-corrected chi connectivity index (χ4v) is 7.12. The lowest BCUT2D eigenvalue weighted by atomic mass is 10.1. The van der Waals surface area contributed by atoms with Crippen LogP contribution in [0, 0.1) is 6.92 Å². The Morgan fingerprint density at radius 3 is 1.62 bits per heavy atom. The predicted molar refractivity (Wildman–Crippen MR) is 133 cm³/mol. The van der Waals surface area contributed by atoms with Crippen molar-refractivity contribution in [3.8, 4) is 5.69 Å². The van der Waals surface area contributed by atoms with Gasteiger partial charge in [-0.3, -0.25) is 24.2 Å². The van der Waals surface area contributed by atoms with Gasteiger partial charge in [0.25, 0.3) is 22.2 Å². The number of nitrogens with zero attached hydrogens (tertiary/aromatic N) is 1. The first-order valence-electron chi connectivity index (χ1n) is 9.53. The summed E-state index contributed by atoms with van der Waals surface area (Å²) in [6, 6.07) is 18.1. The third kappa shape index (κ3) is 3.62. The van der Waals surface area contributed by atoms with E-state index in [1.54, 1.807) is 43.5 Å². The molecule has 9 heteroatoms. The summed E-state index contributed by atoms with van der Waals surface area (Å²) < 4.78 is 1.07. The Balaban J connectivity index is 1.43. The third-order valence-corrected chi connectivity index (χ3v) is 8.97. The van der Waals surface area contributed by atoms with E-state index in [9.17, 15) is 19.2 Å². The van der Waals surface area contributed by atoms with Gasteiger partial charge in [-0.2, -0.15) is 0 Å². The minimum atomic E-state index is -0.561. The standard InChI is InChI=1S/C23H14N2O4S3/c1-12-2-6-14(7-3-12)30-32-31-15-8-4-13(5-9-15)25-22(28)18-10-16-17(11-19(18)23(25)29)21(27)24-20(16)26/h2-11H,1H3,(H,24,26,27). The highest BCUT2D eigenvalue weighted by Gasteiger charge is 2.18. The highest BCUT2D eigenvalue weighted by atomic mass is 33.5. The topological polar surface area (TPSA) is 89.0 Å². The number of fused-ring (bicyclic) bond motifs is 2. The van der Waals surface area contributed by atoms with Crippen LogP contribution in [-0.2, 0) is 0 Å². The number of aryl methyl sites for hydroxylation is 1. The number of hydrogen-bond acceptors (Lipinski definition) is 7. The first-order valence-corrected chi connectivity index (χ1v) is 13.0. The Labute approximate surface area is 192 Å². The second kappa shape index (κ2) is 8.16. The molecule has 3 aromatic carbocycles. The average Bonchev–Trinajstić information content (AvgIpc) is 3.21. The van der Waals surface area contributed by atoms with Gasteiger partial charge >= 0.3 is 0 Å². The van der Waals surface area contributed by atoms with Crippen molar-refractivity contribution in [2.75, 3.05) is 0 Å². The van der Waals surface area contributed by atoms with Crippen molar-refractivity contribution in [2.45, 2.75) is 16.7 Å². The minimum absolute atomic E-state index is 0.117. The normalized spacial score (nSPS) is 11.5. The Morgan fingerprint density at radius 2 is 1.12 bits per heavy atom. The molecule has 0 radical (unpaired) electrons. The van der Waals surface area contributed by atoms with Crippen LogP contribution in [0.3, 0.4) is 0 Å². The van der Waals surface area contributed by atoms with Crippen LogP contribution in [0.4, 0.5) is 0 Å². The molecule has 0 aliphatic heterocycles. The number of aromatic amines is 1. The first-order chi connectivity index (χ1) is 15.4. The lowest BCUT2D eigenvalue weighted by Gasteiger charge is -2.04. The predicted octanol–water partition coefficient (Wildman–Crippen LogP) is 4.18. The van der Waals surface area contributed by atoms with Gasteiger partial charge in [0.05, 0.1) is 27.2 Å². The van der Waals surface area contributed by atoms with Crippen molar-refractivity contribution in [2.24, 2.45) is 0 Å². The van der Waals surface area contributed by atoms with E-state index in [-0.39, 0.29) is 21.5 Å². The van der Waals surface area contributed by atoms with Gasteiger partial charge in [0.15, 0.2) is 0 Å². The molecule has 0 amide bonds. The van der Waals surface area contributed by atoms with Gasteiger partial charge < -0.3 is 0 Å². The number of H-pyrrole nitrogens is 1. The molecule has 0 saturated heterocycles. The van der Waals surface area contributed by atoms with Gasteiger partial charge in [-0.1, -0.05) is 17.7 Å². The second-order valence-electron chi connectivity index (χ2n) is 7.21. The van der Waals surface area contributed by atoms with Crippen molar-refractivity contribution >= 4 is 53.0 Å². The molecule has 1 N–H and O–H groups in total. The third-order valence-electron chi connectivity index (χ3n) is 5.12. The lowest BCUT2D eigenvalue weighted by Crippen LogP contribution is -2.23. The smallest absolute Gasteiger partial charge is 0.266 e. The quantitative estimate of drug-likeness (QED) is 0.379. The van der Waals surface area contributed by atoms with Gasteiger partial charge in [0.1, 0.15) is 0 Å². The van der Waals surface area contributed by atoms with Gasteiger partial charge in [0.2, 0.25) is 0 Å². The molecular weight excluding hydrogens is 464 g/mol. The highest BCUT2D eigenvalue weighted by Crippen LogP contribution is 2.44. The van der Waals surface area contributed by atoms with Crippen molar-refractivity contribution in [1.82, 2.24) is 9.55 Å². The Kier molecular flexibility index (Phi) is 5.32. The average molecular weight is 479 g/mol. The molecule has 0 bridgehead atoms. The molecule has 2 aromatic heterocycles. The molecule has 158 valence electrons. The van der Waals surface area contributed by atoms with Crippen LogP contribution in [0.25, 0.3) is 27.2 Å². The van der Waals surface area contributed by atoms with Crippen molar-refractivity contribution in [3.05, 3.63) is 108 Å². The number of hydrogen-bond donors (Lipinski definition) is 1. The van der Waals surface area contributed by atoms with Crippen LogP contribution >= 0.6 is 31.4 Å². The van der Waals surface area contributed by atoms with E-state index in [0.717, 1.165) is 14.4 Å². The summed E-state index contributed by atoms with van der Waals surface area (Å²) in [7, 11) is 4.86. The maximum atomic E-state index is 12.9. The van der Waals surface area contributed by atoms with E-state index in [1.165, 1.54) is 17.7 Å². The van der Waals surface area contributed by atoms with Gasteiger partial charge in [-0.05, 0) is 86.9 Å². The van der Waals surface area contributed by atoms with Crippen LogP contribution in [0.15, 0.2) is 89.6 Å². The molecule has 5 aromatic rings. The minimum Gasteiger partial charge on any atom is -0.288 e. The van der Waals surface area contributed by atoms with Gasteiger partial charge in [-0.25, -0.2) is 4.57 Å². The summed E-state index contributed by atoms with van der Waals surface area (Å²) in [6.07, 6.45) is 0. The van der Waals surface area contributed by atoms with Crippen LogP contribution in [-0.4, -0.2) is 9.55 Å². The van der Waals surface area contributed by atoms with Crippen molar-refractivity contribution < 1.29 is 0 Å². The molecule has 32 heavy (non-hydrogen) atoms. The van der Waals surface area contributed by atoms with E-state index < -0.39 is 22.2 Å². The Hall–Kier alpha value is -3.01. The van der Waals surface area contributed by atoms with Crippen LogP contribution in [0.2, 0.25) is 0 Å². The summed E-state index contributed by atoms with van der Waals surface area (Å²) >= 11 is 0. The molecule has 0 fully saturated rings. The van der Waals surface area contributed by atoms with E-state index in [1.807, 2.05) is 12.1 Å². The number of aromatic nitrogens is 2. The zero-order chi connectivity index (χ0) is 22.4. The molecule has 0 unspecified atom stereocenters. The summed E-state index contributed by atoms with van der Waals surface area (Å²) in [5.74, 6) is 0. The summed E-state index contributed by atoms with van der Waals surface area (Å²) in [5.41, 5.74) is -0.486. The molecule has 6 nitrogen and oxygen atoms in total. The number of nitrogens with one attached hydrogen (secondary N) is 1. The molecule has 0 atom stereocenters. The summed E-state index contributed by atoms with van der Waals surface area (Å²) in [6.45, 7) is 2.05. The largest absolute Gasteiger partial charge is 0.288 e. The fraction of sp³-hybridized carbons (Fsp3) is 0.0435. The van der Waals surface area contributed by atoms with Crippen molar-refractivity contribution in [1.29, 1.82) is 0 Å². The number of rotatable bonds is 5. The van der Waals surface area contributed by atoms with Crippen LogP contribution < -0.4 is 22.2 Å². The first kappa shape index (κ1) is 20.9. The molecule has 0 spiro atoms. The van der Waals surface area contributed by atoms with E-state index in [2.05, 4.69) is 36.2 Å². The van der Waals surface area contributed by atoms with Crippen LogP contribution in [0.5, 0.6) is 0 Å². The maximum absolute atomic E-state index is 12.9. The van der Waals surface area contributed by atoms with E-state index >= 15 is 0 Å². The van der Waals surface area contributed by atoms with Crippen LogP contribution in [0.1, 0.15) is 5.56 Å². The van der Waals surface area contributed by atoms with E-state index in [0.29, 0.717) is 5.69 Å². The van der Waals surface area contributed by atoms with Gasteiger partial charge in [0, 0.05) is 9.79 Å². The fourth-order valence-electron chi connectivity index (χ4n) is 3.47.